The van der Waals surface area contributed by atoms with Gasteiger partial charge in [0.25, 0.3) is 0 Å². The van der Waals surface area contributed by atoms with E-state index in [-0.39, 0.29) is 5.92 Å². The molecule has 0 aromatic carbocycles. The summed E-state index contributed by atoms with van der Waals surface area (Å²) in [6.07, 6.45) is 2.10. The fourth-order valence-corrected chi connectivity index (χ4v) is 0.941. The third kappa shape index (κ3) is 2.67. The van der Waals surface area contributed by atoms with E-state index in [4.69, 9.17) is 0 Å². The van der Waals surface area contributed by atoms with Crippen molar-refractivity contribution < 1.29 is 10.2 Å². The highest BCUT2D eigenvalue weighted by atomic mass is 16.5. The third-order valence-electron chi connectivity index (χ3n) is 2.02. The number of hydrogen-bond acceptors (Lipinski definition) is 2. The zero-order valence-electron chi connectivity index (χ0n) is 7.09. The van der Waals surface area contributed by atoms with Gasteiger partial charge in [-0.2, -0.15) is 0 Å². The molecule has 0 heterocycles. The Morgan fingerprint density at radius 1 is 1.30 bits per heavy atom. The Kier molecular flexibility index (Phi) is 3.91. The van der Waals surface area contributed by atoms with Gasteiger partial charge in [0.1, 0.15) is 0 Å². The van der Waals surface area contributed by atoms with Crippen LogP contribution >= 0.6 is 0 Å². The SMILES string of the molecule is CCCC(O)(O)C(C)CC. The average Bonchev–Trinajstić information content (AvgIpc) is 1.86. The molecule has 0 aliphatic carbocycles. The first-order valence-corrected chi connectivity index (χ1v) is 3.99. The van der Waals surface area contributed by atoms with Crippen LogP contribution in [0.1, 0.15) is 40.0 Å². The van der Waals surface area contributed by atoms with Crippen LogP contribution in [0.2, 0.25) is 0 Å². The van der Waals surface area contributed by atoms with Crippen molar-refractivity contribution in [1.29, 1.82) is 0 Å². The topological polar surface area (TPSA) is 40.5 Å². The lowest BCUT2D eigenvalue weighted by Crippen LogP contribution is -2.35. The molecule has 0 saturated heterocycles. The summed E-state index contributed by atoms with van der Waals surface area (Å²) in [7, 11) is 0. The van der Waals surface area contributed by atoms with E-state index < -0.39 is 5.79 Å². The van der Waals surface area contributed by atoms with Crippen LogP contribution in [0.4, 0.5) is 0 Å². The predicted octanol–water partition coefficient (Wildman–Crippen LogP) is 1.51. The van der Waals surface area contributed by atoms with Crippen LogP contribution in [0.5, 0.6) is 0 Å². The van der Waals surface area contributed by atoms with E-state index in [9.17, 15) is 10.2 Å². The second-order valence-electron chi connectivity index (χ2n) is 2.94. The number of hydrogen-bond donors (Lipinski definition) is 2. The Bertz CT molecular complexity index is 89.3. The minimum atomic E-state index is -1.44. The highest BCUT2D eigenvalue weighted by molar-refractivity contribution is 4.69. The van der Waals surface area contributed by atoms with Crippen LogP contribution in [-0.2, 0) is 0 Å². The first-order chi connectivity index (χ1) is 4.54. The smallest absolute Gasteiger partial charge is 0.165 e. The highest BCUT2D eigenvalue weighted by Gasteiger charge is 2.27. The maximum atomic E-state index is 9.34. The summed E-state index contributed by atoms with van der Waals surface area (Å²) in [5, 5.41) is 18.7. The van der Waals surface area contributed by atoms with Crippen molar-refractivity contribution in [2.75, 3.05) is 0 Å². The Balaban J connectivity index is 3.82. The fourth-order valence-electron chi connectivity index (χ4n) is 0.941. The van der Waals surface area contributed by atoms with Gasteiger partial charge in [-0.25, -0.2) is 0 Å². The molecule has 0 aromatic rings. The Labute approximate surface area is 62.9 Å². The van der Waals surface area contributed by atoms with Gasteiger partial charge >= 0.3 is 0 Å². The van der Waals surface area contributed by atoms with Gasteiger partial charge in [0.2, 0.25) is 0 Å². The molecule has 0 aromatic heterocycles. The lowest BCUT2D eigenvalue weighted by Gasteiger charge is -2.27. The van der Waals surface area contributed by atoms with Gasteiger partial charge in [-0.3, -0.25) is 0 Å². The van der Waals surface area contributed by atoms with Crippen molar-refractivity contribution in [2.45, 2.75) is 45.8 Å². The summed E-state index contributed by atoms with van der Waals surface area (Å²) in [4.78, 5) is 0. The van der Waals surface area contributed by atoms with Gasteiger partial charge in [0.05, 0.1) is 0 Å². The molecule has 0 spiro atoms. The molecule has 62 valence electrons. The van der Waals surface area contributed by atoms with Gasteiger partial charge < -0.3 is 10.2 Å². The van der Waals surface area contributed by atoms with Crippen molar-refractivity contribution in [2.24, 2.45) is 5.92 Å². The molecule has 0 bridgehead atoms. The van der Waals surface area contributed by atoms with E-state index in [1.165, 1.54) is 0 Å². The van der Waals surface area contributed by atoms with Crippen molar-refractivity contribution >= 4 is 0 Å². The van der Waals surface area contributed by atoms with E-state index in [1.807, 2.05) is 20.8 Å². The highest BCUT2D eigenvalue weighted by Crippen LogP contribution is 2.21. The molecule has 0 aliphatic heterocycles. The van der Waals surface area contributed by atoms with Gasteiger partial charge in [-0.15, -0.1) is 0 Å². The Morgan fingerprint density at radius 3 is 2.10 bits per heavy atom. The zero-order chi connectivity index (χ0) is 8.20. The first-order valence-electron chi connectivity index (χ1n) is 3.99. The average molecular weight is 146 g/mol. The molecule has 2 heteroatoms. The van der Waals surface area contributed by atoms with Crippen LogP contribution in [0, 0.1) is 5.92 Å². The van der Waals surface area contributed by atoms with Gasteiger partial charge in [-0.1, -0.05) is 27.2 Å². The summed E-state index contributed by atoms with van der Waals surface area (Å²) in [5.74, 6) is -1.46. The number of rotatable bonds is 4. The molecule has 0 radical (unpaired) electrons. The fraction of sp³-hybridized carbons (Fsp3) is 1.00. The molecular formula is C8H18O2. The first kappa shape index (κ1) is 9.92. The van der Waals surface area contributed by atoms with E-state index in [0.717, 1.165) is 12.8 Å². The molecular weight excluding hydrogens is 128 g/mol. The summed E-state index contributed by atoms with van der Waals surface area (Å²) in [6, 6.07) is 0. The summed E-state index contributed by atoms with van der Waals surface area (Å²) < 4.78 is 0. The minimum Gasteiger partial charge on any atom is -0.365 e. The van der Waals surface area contributed by atoms with Gasteiger partial charge in [0.15, 0.2) is 5.79 Å². The van der Waals surface area contributed by atoms with Gasteiger partial charge in [0, 0.05) is 12.3 Å². The van der Waals surface area contributed by atoms with Crippen LogP contribution in [0.15, 0.2) is 0 Å². The second kappa shape index (κ2) is 3.94. The quantitative estimate of drug-likeness (QED) is 0.590. The van der Waals surface area contributed by atoms with Crippen molar-refractivity contribution in [3.63, 3.8) is 0 Å². The normalized spacial score (nSPS) is 15.3. The molecule has 0 fully saturated rings. The Hall–Kier alpha value is -0.0800. The maximum Gasteiger partial charge on any atom is 0.165 e. The van der Waals surface area contributed by atoms with Crippen LogP contribution in [0.3, 0.4) is 0 Å². The molecule has 0 aliphatic rings. The van der Waals surface area contributed by atoms with E-state index in [2.05, 4.69) is 0 Å². The zero-order valence-corrected chi connectivity index (χ0v) is 7.09. The van der Waals surface area contributed by atoms with E-state index in [1.54, 1.807) is 0 Å². The third-order valence-corrected chi connectivity index (χ3v) is 2.02. The van der Waals surface area contributed by atoms with E-state index >= 15 is 0 Å². The molecule has 1 atom stereocenters. The summed E-state index contributed by atoms with van der Waals surface area (Å²) in [6.45, 7) is 5.76. The second-order valence-corrected chi connectivity index (χ2v) is 2.94. The summed E-state index contributed by atoms with van der Waals surface area (Å²) in [5.41, 5.74) is 0. The van der Waals surface area contributed by atoms with Crippen LogP contribution in [-0.4, -0.2) is 16.0 Å². The molecule has 0 rings (SSSR count). The summed E-state index contributed by atoms with van der Waals surface area (Å²) >= 11 is 0. The molecule has 2 nitrogen and oxygen atoms in total. The number of aliphatic hydroxyl groups is 2. The monoisotopic (exact) mass is 146 g/mol. The molecule has 2 N–H and O–H groups in total. The van der Waals surface area contributed by atoms with Crippen LogP contribution < -0.4 is 0 Å². The van der Waals surface area contributed by atoms with Crippen molar-refractivity contribution in [3.8, 4) is 0 Å². The maximum absolute atomic E-state index is 9.34. The minimum absolute atomic E-state index is 0.0209. The Morgan fingerprint density at radius 2 is 1.80 bits per heavy atom. The molecule has 10 heavy (non-hydrogen) atoms. The van der Waals surface area contributed by atoms with Crippen molar-refractivity contribution in [3.05, 3.63) is 0 Å². The van der Waals surface area contributed by atoms with E-state index in [0.29, 0.717) is 6.42 Å². The van der Waals surface area contributed by atoms with Crippen LogP contribution in [0.25, 0.3) is 0 Å². The lowest BCUT2D eigenvalue weighted by molar-refractivity contribution is -0.201. The largest absolute Gasteiger partial charge is 0.365 e. The predicted molar refractivity (Wildman–Crippen MR) is 41.5 cm³/mol. The molecule has 0 saturated carbocycles. The lowest BCUT2D eigenvalue weighted by atomic mass is 9.94. The standard InChI is InChI=1S/C8H18O2/c1-4-6-8(9,10)7(3)5-2/h7,9-10H,4-6H2,1-3H3. The molecule has 0 amide bonds. The van der Waals surface area contributed by atoms with Crippen molar-refractivity contribution in [1.82, 2.24) is 0 Å². The van der Waals surface area contributed by atoms with Gasteiger partial charge in [-0.05, 0) is 6.42 Å². The molecule has 1 unspecified atom stereocenters.